The molecule has 6 nitrogen and oxygen atoms in total. The summed E-state index contributed by atoms with van der Waals surface area (Å²) in [6.45, 7) is 2.72. The number of aromatic carboxylic acids is 1. The van der Waals surface area contributed by atoms with E-state index >= 15 is 4.39 Å². The van der Waals surface area contributed by atoms with Gasteiger partial charge in [-0.3, -0.25) is 4.79 Å². The zero-order valence-electron chi connectivity index (χ0n) is 14.3. The molecule has 1 aromatic carbocycles. The number of carboxylic acids is 1. The molecular weight excluding hydrogens is 405 g/mol. The van der Waals surface area contributed by atoms with E-state index in [0.29, 0.717) is 28.8 Å². The quantitative estimate of drug-likeness (QED) is 0.791. The minimum atomic E-state index is -1.29. The number of hydrogen-bond acceptors (Lipinski definition) is 4. The van der Waals surface area contributed by atoms with Crippen LogP contribution in [0.15, 0.2) is 15.5 Å². The molecule has 1 saturated heterocycles. The van der Waals surface area contributed by atoms with Crippen LogP contribution in [0.1, 0.15) is 41.2 Å². The van der Waals surface area contributed by atoms with E-state index in [1.165, 1.54) is 13.1 Å². The van der Waals surface area contributed by atoms with Crippen LogP contribution in [0.5, 0.6) is 0 Å². The minimum Gasteiger partial charge on any atom is -0.477 e. The number of pyridine rings is 1. The Morgan fingerprint density at radius 2 is 2.08 bits per heavy atom. The number of nitrogens with two attached hydrogens (primary N) is 1. The molecule has 2 aromatic rings. The number of rotatable bonds is 3. The molecule has 1 unspecified atom stereocenters. The maximum Gasteiger partial charge on any atom is 0.341 e. The Morgan fingerprint density at radius 1 is 1.38 bits per heavy atom. The van der Waals surface area contributed by atoms with Gasteiger partial charge in [0.05, 0.1) is 21.1 Å². The van der Waals surface area contributed by atoms with E-state index in [-0.39, 0.29) is 28.6 Å². The number of aromatic nitrogens is 1. The van der Waals surface area contributed by atoms with Gasteiger partial charge in [-0.2, -0.15) is 0 Å². The third-order valence-electron chi connectivity index (χ3n) is 5.27. The summed E-state index contributed by atoms with van der Waals surface area (Å²) in [6.07, 6.45) is 3.98. The van der Waals surface area contributed by atoms with Gasteiger partial charge in [0.1, 0.15) is 5.56 Å². The molecule has 1 saturated carbocycles. The predicted molar refractivity (Wildman–Crippen MR) is 101 cm³/mol. The summed E-state index contributed by atoms with van der Waals surface area (Å²) in [4.78, 5) is 26.2. The summed E-state index contributed by atoms with van der Waals surface area (Å²) >= 11 is 3.51. The number of carbonyl (C=O) groups is 1. The first-order valence-electron chi connectivity index (χ1n) is 8.61. The number of benzene rings is 1. The summed E-state index contributed by atoms with van der Waals surface area (Å²) < 4.78 is 17.5. The Bertz CT molecular complexity index is 1000. The number of anilines is 1. The van der Waals surface area contributed by atoms with Crippen LogP contribution in [0.2, 0.25) is 0 Å². The van der Waals surface area contributed by atoms with Gasteiger partial charge in [-0.15, -0.1) is 0 Å². The van der Waals surface area contributed by atoms with E-state index in [1.54, 1.807) is 0 Å². The van der Waals surface area contributed by atoms with Crippen LogP contribution < -0.4 is 16.1 Å². The topological polar surface area (TPSA) is 88.6 Å². The standard InChI is InChI=1S/C18H19BrFN3O3/c1-8-12-15(13(19)16(14(8)20)22-5-4-9(21)6-22)23(10-2-3-10)7-11(17(12)24)18(25)26/h7,9-10H,2-6,21H2,1H3,(H,25,26). The number of hydrogen-bond donors (Lipinski definition) is 2. The summed E-state index contributed by atoms with van der Waals surface area (Å²) in [7, 11) is 0. The summed E-state index contributed by atoms with van der Waals surface area (Å²) in [5, 5.41) is 9.53. The minimum absolute atomic E-state index is 0.0164. The maximum absolute atomic E-state index is 15.2. The molecule has 1 aliphatic heterocycles. The fourth-order valence-corrected chi connectivity index (χ4v) is 4.59. The SMILES string of the molecule is Cc1c(F)c(N2CCC(N)C2)c(Br)c2c1c(=O)c(C(=O)O)cn2C1CC1. The molecule has 1 aliphatic carbocycles. The predicted octanol–water partition coefficient (Wildman–Crippen LogP) is 2.78. The maximum atomic E-state index is 15.2. The fourth-order valence-electron chi connectivity index (χ4n) is 3.76. The lowest BCUT2D eigenvalue weighted by Crippen LogP contribution is -2.28. The van der Waals surface area contributed by atoms with Crippen molar-refractivity contribution in [1.82, 2.24) is 4.57 Å². The van der Waals surface area contributed by atoms with E-state index < -0.39 is 17.2 Å². The highest BCUT2D eigenvalue weighted by Gasteiger charge is 2.32. The van der Waals surface area contributed by atoms with E-state index in [4.69, 9.17) is 5.73 Å². The van der Waals surface area contributed by atoms with Gasteiger partial charge in [0, 0.05) is 36.9 Å². The van der Waals surface area contributed by atoms with Crippen molar-refractivity contribution in [3.05, 3.63) is 37.8 Å². The van der Waals surface area contributed by atoms with Gasteiger partial charge in [0.25, 0.3) is 0 Å². The fraction of sp³-hybridized carbons (Fsp3) is 0.444. The average molecular weight is 424 g/mol. The van der Waals surface area contributed by atoms with Crippen LogP contribution >= 0.6 is 15.9 Å². The molecule has 0 spiro atoms. The second-order valence-electron chi connectivity index (χ2n) is 7.14. The number of halogens is 2. The van der Waals surface area contributed by atoms with Gasteiger partial charge in [-0.05, 0) is 42.1 Å². The van der Waals surface area contributed by atoms with Crippen molar-refractivity contribution in [2.75, 3.05) is 18.0 Å². The molecule has 0 bridgehead atoms. The Hall–Kier alpha value is -1.93. The largest absolute Gasteiger partial charge is 0.477 e. The van der Waals surface area contributed by atoms with Crippen molar-refractivity contribution in [3.8, 4) is 0 Å². The monoisotopic (exact) mass is 423 g/mol. The molecule has 2 fully saturated rings. The first-order valence-corrected chi connectivity index (χ1v) is 9.40. The molecule has 1 atom stereocenters. The highest BCUT2D eigenvalue weighted by Crippen LogP contribution is 2.44. The Kier molecular flexibility index (Phi) is 4.07. The van der Waals surface area contributed by atoms with Crippen LogP contribution in [0.3, 0.4) is 0 Å². The van der Waals surface area contributed by atoms with Crippen LogP contribution in [-0.2, 0) is 0 Å². The molecular formula is C18H19BrFN3O3. The molecule has 3 N–H and O–H groups in total. The van der Waals surface area contributed by atoms with Gasteiger partial charge in [0.2, 0.25) is 5.43 Å². The number of carboxylic acid groups (broad SMARTS) is 1. The molecule has 0 radical (unpaired) electrons. The van der Waals surface area contributed by atoms with Gasteiger partial charge < -0.3 is 20.3 Å². The van der Waals surface area contributed by atoms with Crippen molar-refractivity contribution in [3.63, 3.8) is 0 Å². The third-order valence-corrected chi connectivity index (χ3v) is 6.03. The van der Waals surface area contributed by atoms with Crippen LogP contribution in [0.4, 0.5) is 10.1 Å². The highest BCUT2D eigenvalue weighted by molar-refractivity contribution is 9.10. The molecule has 4 rings (SSSR count). The van der Waals surface area contributed by atoms with Crippen LogP contribution in [0.25, 0.3) is 10.9 Å². The molecule has 8 heteroatoms. The van der Waals surface area contributed by atoms with E-state index in [1.807, 2.05) is 9.47 Å². The zero-order chi connectivity index (χ0) is 18.7. The third kappa shape index (κ3) is 2.54. The van der Waals surface area contributed by atoms with Crippen molar-refractivity contribution in [1.29, 1.82) is 0 Å². The van der Waals surface area contributed by atoms with Gasteiger partial charge in [-0.1, -0.05) is 0 Å². The summed E-state index contributed by atoms with van der Waals surface area (Å²) in [6, 6.07) is 0.114. The van der Waals surface area contributed by atoms with Crippen molar-refractivity contribution >= 4 is 38.5 Å². The first-order chi connectivity index (χ1) is 12.3. The molecule has 138 valence electrons. The summed E-state index contributed by atoms with van der Waals surface area (Å²) in [5.74, 6) is -1.79. The van der Waals surface area contributed by atoms with Crippen molar-refractivity contribution in [2.45, 2.75) is 38.3 Å². The molecule has 0 amide bonds. The van der Waals surface area contributed by atoms with Crippen LogP contribution in [-0.4, -0.2) is 34.8 Å². The Morgan fingerprint density at radius 3 is 2.62 bits per heavy atom. The van der Waals surface area contributed by atoms with Crippen molar-refractivity contribution in [2.24, 2.45) is 5.73 Å². The van der Waals surface area contributed by atoms with Gasteiger partial charge in [-0.25, -0.2) is 9.18 Å². The normalized spacial score (nSPS) is 20.2. The lowest BCUT2D eigenvalue weighted by atomic mass is 10.0. The molecule has 2 heterocycles. The summed E-state index contributed by atoms with van der Waals surface area (Å²) in [5.41, 5.74) is 6.16. The highest BCUT2D eigenvalue weighted by atomic mass is 79.9. The van der Waals surface area contributed by atoms with Gasteiger partial charge >= 0.3 is 5.97 Å². The van der Waals surface area contributed by atoms with Gasteiger partial charge in [0.15, 0.2) is 5.82 Å². The number of nitrogens with zero attached hydrogens (tertiary/aromatic N) is 2. The van der Waals surface area contributed by atoms with E-state index in [2.05, 4.69) is 15.9 Å². The second-order valence-corrected chi connectivity index (χ2v) is 7.93. The lowest BCUT2D eigenvalue weighted by molar-refractivity contribution is 0.0695. The molecule has 1 aromatic heterocycles. The zero-order valence-corrected chi connectivity index (χ0v) is 15.8. The smallest absolute Gasteiger partial charge is 0.341 e. The van der Waals surface area contributed by atoms with E-state index in [0.717, 1.165) is 19.3 Å². The first kappa shape index (κ1) is 17.5. The molecule has 26 heavy (non-hydrogen) atoms. The lowest BCUT2D eigenvalue weighted by Gasteiger charge is -2.24. The number of fused-ring (bicyclic) bond motifs is 1. The molecule has 2 aliphatic rings. The number of aryl methyl sites for hydroxylation is 1. The van der Waals surface area contributed by atoms with Crippen molar-refractivity contribution < 1.29 is 14.3 Å². The second kappa shape index (κ2) is 6.06. The Balaban J connectivity index is 2.09. The van der Waals surface area contributed by atoms with Crippen LogP contribution in [0, 0.1) is 12.7 Å². The average Bonchev–Trinajstić information content (AvgIpc) is 3.34. The Labute approximate surface area is 157 Å². The van der Waals surface area contributed by atoms with E-state index in [9.17, 15) is 14.7 Å².